The number of fused-ring (bicyclic) bond motifs is 1. The average molecular weight is 363 g/mol. The van der Waals surface area contributed by atoms with Crippen molar-refractivity contribution in [1.29, 1.82) is 0 Å². The van der Waals surface area contributed by atoms with Gasteiger partial charge in [-0.05, 0) is 26.0 Å². The van der Waals surface area contributed by atoms with Crippen LogP contribution in [0.3, 0.4) is 0 Å². The number of aromatic nitrogens is 2. The van der Waals surface area contributed by atoms with E-state index in [1.807, 2.05) is 0 Å². The Hall–Kier alpha value is -2.87. The minimum Gasteiger partial charge on any atom is -0.463 e. The topological polar surface area (TPSA) is 102 Å². The Morgan fingerprint density at radius 3 is 2.88 bits per heavy atom. The molecule has 3 rings (SSSR count). The van der Waals surface area contributed by atoms with Gasteiger partial charge in [0.1, 0.15) is 10.8 Å². The van der Waals surface area contributed by atoms with Crippen LogP contribution in [-0.2, 0) is 9.53 Å². The third-order valence-corrected chi connectivity index (χ3v) is 4.06. The van der Waals surface area contributed by atoms with Crippen LogP contribution in [-0.4, -0.2) is 28.0 Å². The molecule has 2 aromatic heterocycles. The van der Waals surface area contributed by atoms with Crippen LogP contribution in [0.2, 0.25) is 5.15 Å². The van der Waals surface area contributed by atoms with E-state index in [1.165, 1.54) is 10.6 Å². The van der Waals surface area contributed by atoms with Gasteiger partial charge in [-0.15, -0.1) is 0 Å². The van der Waals surface area contributed by atoms with E-state index in [9.17, 15) is 14.4 Å². The van der Waals surface area contributed by atoms with Crippen molar-refractivity contribution in [3.63, 3.8) is 0 Å². The SMILES string of the molecule is CCOC(=O)C1=C(C)NC(=O)NC1c1c(Cl)nc2ccccn2c1=O. The summed E-state index contributed by atoms with van der Waals surface area (Å²) in [6, 6.07) is 3.41. The first kappa shape index (κ1) is 17.0. The zero-order valence-electron chi connectivity index (χ0n) is 13.5. The number of urea groups is 1. The molecule has 0 spiro atoms. The Balaban J connectivity index is 2.24. The molecule has 0 radical (unpaired) electrons. The smallest absolute Gasteiger partial charge is 0.338 e. The van der Waals surface area contributed by atoms with E-state index < -0.39 is 23.6 Å². The quantitative estimate of drug-likeness (QED) is 0.637. The minimum atomic E-state index is -1.06. The number of halogens is 1. The number of hydrogen-bond donors (Lipinski definition) is 2. The fourth-order valence-electron chi connectivity index (χ4n) is 2.71. The summed E-state index contributed by atoms with van der Waals surface area (Å²) >= 11 is 6.21. The highest BCUT2D eigenvalue weighted by molar-refractivity contribution is 6.30. The van der Waals surface area contributed by atoms with Gasteiger partial charge in [0, 0.05) is 11.9 Å². The van der Waals surface area contributed by atoms with Gasteiger partial charge in [0.25, 0.3) is 5.56 Å². The van der Waals surface area contributed by atoms with Gasteiger partial charge in [0.2, 0.25) is 0 Å². The Morgan fingerprint density at radius 2 is 2.16 bits per heavy atom. The van der Waals surface area contributed by atoms with Gasteiger partial charge in [0.15, 0.2) is 0 Å². The molecule has 1 aliphatic rings. The first-order valence-electron chi connectivity index (χ1n) is 7.56. The van der Waals surface area contributed by atoms with Crippen LogP contribution in [0.4, 0.5) is 4.79 Å². The lowest BCUT2D eigenvalue weighted by Gasteiger charge is -2.27. The summed E-state index contributed by atoms with van der Waals surface area (Å²) in [5, 5.41) is 4.97. The number of ether oxygens (including phenoxy) is 1. The van der Waals surface area contributed by atoms with Crippen LogP contribution in [0.15, 0.2) is 40.5 Å². The molecule has 1 aliphatic heterocycles. The van der Waals surface area contributed by atoms with Gasteiger partial charge in [-0.25, -0.2) is 14.6 Å². The minimum absolute atomic E-state index is 0.00243. The summed E-state index contributed by atoms with van der Waals surface area (Å²) in [7, 11) is 0. The Morgan fingerprint density at radius 1 is 1.40 bits per heavy atom. The molecular weight excluding hydrogens is 348 g/mol. The van der Waals surface area contributed by atoms with Crippen molar-refractivity contribution in [2.24, 2.45) is 0 Å². The van der Waals surface area contributed by atoms with Crippen LogP contribution < -0.4 is 16.2 Å². The number of rotatable bonds is 3. The monoisotopic (exact) mass is 362 g/mol. The lowest BCUT2D eigenvalue weighted by molar-refractivity contribution is -0.139. The van der Waals surface area contributed by atoms with Gasteiger partial charge in [0.05, 0.1) is 23.8 Å². The van der Waals surface area contributed by atoms with Crippen LogP contribution >= 0.6 is 11.6 Å². The number of amides is 2. The van der Waals surface area contributed by atoms with E-state index in [2.05, 4.69) is 15.6 Å². The molecule has 0 saturated heterocycles. The van der Waals surface area contributed by atoms with E-state index in [0.29, 0.717) is 11.3 Å². The number of nitrogens with one attached hydrogen (secondary N) is 2. The largest absolute Gasteiger partial charge is 0.463 e. The van der Waals surface area contributed by atoms with Gasteiger partial charge in [-0.2, -0.15) is 0 Å². The van der Waals surface area contributed by atoms with Crippen molar-refractivity contribution in [2.45, 2.75) is 19.9 Å². The number of carbonyl (C=O) groups is 2. The van der Waals surface area contributed by atoms with Crippen molar-refractivity contribution in [3.8, 4) is 0 Å². The summed E-state index contributed by atoms with van der Waals surface area (Å²) < 4.78 is 6.34. The van der Waals surface area contributed by atoms with Crippen LogP contribution in [0.1, 0.15) is 25.5 Å². The summed E-state index contributed by atoms with van der Waals surface area (Å²) in [6.07, 6.45) is 1.54. The van der Waals surface area contributed by atoms with Crippen molar-refractivity contribution >= 4 is 29.2 Å². The standard InChI is InChI=1S/C16H15ClN4O4/c1-3-25-15(23)10-8(2)18-16(24)20-12(10)11-13(17)19-9-6-4-5-7-21(9)14(11)22/h4-7,12H,3H2,1-2H3,(H2,18,20,24). The molecule has 25 heavy (non-hydrogen) atoms. The second kappa shape index (κ2) is 6.56. The van der Waals surface area contributed by atoms with Crippen molar-refractivity contribution in [1.82, 2.24) is 20.0 Å². The van der Waals surface area contributed by atoms with E-state index in [4.69, 9.17) is 16.3 Å². The molecule has 1 atom stereocenters. The lowest BCUT2D eigenvalue weighted by atomic mass is 9.97. The zero-order valence-corrected chi connectivity index (χ0v) is 14.3. The third-order valence-electron chi connectivity index (χ3n) is 3.78. The Kier molecular flexibility index (Phi) is 4.45. The van der Waals surface area contributed by atoms with E-state index in [1.54, 1.807) is 32.0 Å². The fraction of sp³-hybridized carbons (Fsp3) is 0.250. The van der Waals surface area contributed by atoms with E-state index in [-0.39, 0.29) is 22.9 Å². The number of nitrogens with zero attached hydrogens (tertiary/aromatic N) is 2. The normalized spacial score (nSPS) is 17.2. The second-order valence-electron chi connectivity index (χ2n) is 5.34. The van der Waals surface area contributed by atoms with Gasteiger partial charge in [-0.3, -0.25) is 9.20 Å². The summed E-state index contributed by atoms with van der Waals surface area (Å²) in [6.45, 7) is 3.37. The average Bonchev–Trinajstić information content (AvgIpc) is 2.54. The highest BCUT2D eigenvalue weighted by Crippen LogP contribution is 2.29. The Labute approximate surface area is 147 Å². The number of hydrogen-bond acceptors (Lipinski definition) is 5. The molecule has 2 amide bonds. The number of allylic oxidation sites excluding steroid dienone is 1. The van der Waals surface area contributed by atoms with Crippen LogP contribution in [0.5, 0.6) is 0 Å². The molecule has 0 saturated carbocycles. The zero-order chi connectivity index (χ0) is 18.1. The Bertz CT molecular complexity index is 966. The van der Waals surface area contributed by atoms with Crippen LogP contribution in [0, 0.1) is 0 Å². The van der Waals surface area contributed by atoms with Gasteiger partial charge in [-0.1, -0.05) is 17.7 Å². The fourth-order valence-corrected chi connectivity index (χ4v) is 2.98. The van der Waals surface area contributed by atoms with Gasteiger partial charge >= 0.3 is 12.0 Å². The number of pyridine rings is 1. The molecule has 130 valence electrons. The maximum atomic E-state index is 12.9. The third kappa shape index (κ3) is 2.96. The molecule has 1 unspecified atom stereocenters. The van der Waals surface area contributed by atoms with Gasteiger partial charge < -0.3 is 15.4 Å². The molecule has 0 aliphatic carbocycles. The molecule has 0 aromatic carbocycles. The molecular formula is C16H15ClN4O4. The molecule has 9 heteroatoms. The number of esters is 1. The predicted octanol–water partition coefficient (Wildman–Crippen LogP) is 1.54. The lowest BCUT2D eigenvalue weighted by Crippen LogP contribution is -2.47. The number of carbonyl (C=O) groups excluding carboxylic acids is 2. The van der Waals surface area contributed by atoms with Crippen molar-refractivity contribution in [2.75, 3.05) is 6.61 Å². The summed E-state index contributed by atoms with van der Waals surface area (Å²) in [5.74, 6) is -0.647. The maximum absolute atomic E-state index is 12.9. The molecule has 2 aromatic rings. The first-order valence-corrected chi connectivity index (χ1v) is 7.94. The first-order chi connectivity index (χ1) is 11.9. The van der Waals surface area contributed by atoms with Crippen LogP contribution in [0.25, 0.3) is 5.65 Å². The summed E-state index contributed by atoms with van der Waals surface area (Å²) in [4.78, 5) is 41.3. The molecule has 0 fully saturated rings. The van der Waals surface area contributed by atoms with E-state index in [0.717, 1.165) is 0 Å². The molecule has 2 N–H and O–H groups in total. The predicted molar refractivity (Wildman–Crippen MR) is 90.2 cm³/mol. The maximum Gasteiger partial charge on any atom is 0.338 e. The molecule has 3 heterocycles. The highest BCUT2D eigenvalue weighted by Gasteiger charge is 2.35. The molecule has 8 nitrogen and oxygen atoms in total. The highest BCUT2D eigenvalue weighted by atomic mass is 35.5. The van der Waals surface area contributed by atoms with Crippen molar-refractivity contribution < 1.29 is 14.3 Å². The second-order valence-corrected chi connectivity index (χ2v) is 5.70. The van der Waals surface area contributed by atoms with Crippen molar-refractivity contribution in [3.05, 3.63) is 56.7 Å². The molecule has 0 bridgehead atoms. The summed E-state index contributed by atoms with van der Waals surface area (Å²) in [5.41, 5.74) is 0.291. The van der Waals surface area contributed by atoms with E-state index >= 15 is 0 Å².